The van der Waals surface area contributed by atoms with Gasteiger partial charge in [-0.15, -0.1) is 0 Å². The summed E-state index contributed by atoms with van der Waals surface area (Å²) < 4.78 is 0. The minimum atomic E-state index is 1.15. The Hall–Kier alpha value is -1.82. The van der Waals surface area contributed by atoms with E-state index in [9.17, 15) is 0 Å². The Kier molecular flexibility index (Phi) is 4.35. The van der Waals surface area contributed by atoms with E-state index in [2.05, 4.69) is 74.5 Å². The van der Waals surface area contributed by atoms with E-state index in [1.54, 1.807) is 0 Å². The first-order valence-electron chi connectivity index (χ1n) is 6.63. The highest BCUT2D eigenvalue weighted by atomic mass is 14.0. The third-order valence-corrected chi connectivity index (χ3v) is 3.06. The molecule has 0 bridgehead atoms. The summed E-state index contributed by atoms with van der Waals surface area (Å²) in [6.07, 6.45) is 6.79. The fourth-order valence-electron chi connectivity index (χ4n) is 1.92. The lowest BCUT2D eigenvalue weighted by atomic mass is 10.0. The standard InChI is InChI=1S/C18H20/c1-3-4-5-6-16-9-13-18(14-10-16)17-11-7-15(2)8-12-17/h5-14H,3-4H2,1-2H3/b6-5+. The number of benzene rings is 2. The average Bonchev–Trinajstić information content (AvgIpc) is 2.41. The second-order valence-electron chi connectivity index (χ2n) is 4.68. The zero-order valence-electron chi connectivity index (χ0n) is 11.2. The second-order valence-corrected chi connectivity index (χ2v) is 4.68. The second kappa shape index (κ2) is 6.20. The molecule has 0 N–H and O–H groups in total. The molecule has 0 nitrogen and oxygen atoms in total. The smallest absolute Gasteiger partial charge is 0.0184 e. The van der Waals surface area contributed by atoms with E-state index in [0.29, 0.717) is 0 Å². The van der Waals surface area contributed by atoms with E-state index in [1.165, 1.54) is 28.7 Å². The Balaban J connectivity index is 2.14. The van der Waals surface area contributed by atoms with Gasteiger partial charge in [-0.1, -0.05) is 79.6 Å². The Morgan fingerprint density at radius 3 is 1.94 bits per heavy atom. The zero-order valence-corrected chi connectivity index (χ0v) is 11.2. The third-order valence-electron chi connectivity index (χ3n) is 3.06. The number of allylic oxidation sites excluding steroid dienone is 1. The van der Waals surface area contributed by atoms with Crippen molar-refractivity contribution in [2.75, 3.05) is 0 Å². The Morgan fingerprint density at radius 2 is 1.39 bits per heavy atom. The predicted molar refractivity (Wildman–Crippen MR) is 80.6 cm³/mol. The summed E-state index contributed by atoms with van der Waals surface area (Å²) in [6.45, 7) is 4.32. The molecule has 0 aromatic heterocycles. The van der Waals surface area contributed by atoms with Crippen molar-refractivity contribution in [1.29, 1.82) is 0 Å². The van der Waals surface area contributed by atoms with Crippen LogP contribution in [-0.4, -0.2) is 0 Å². The number of hydrogen-bond acceptors (Lipinski definition) is 0. The van der Waals surface area contributed by atoms with Crippen LogP contribution in [0, 0.1) is 6.92 Å². The molecule has 0 radical (unpaired) electrons. The molecule has 2 aromatic rings. The molecule has 0 aliphatic rings. The fraction of sp³-hybridized carbons (Fsp3) is 0.222. The van der Waals surface area contributed by atoms with Crippen molar-refractivity contribution in [2.45, 2.75) is 26.7 Å². The Bertz CT molecular complexity index is 501. The summed E-state index contributed by atoms with van der Waals surface area (Å²) in [6, 6.07) is 17.4. The molecule has 0 unspecified atom stereocenters. The largest absolute Gasteiger partial charge is 0.0840 e. The van der Waals surface area contributed by atoms with E-state index in [1.807, 2.05) is 0 Å². The van der Waals surface area contributed by atoms with Crippen LogP contribution in [0.4, 0.5) is 0 Å². The van der Waals surface area contributed by atoms with Gasteiger partial charge in [0.15, 0.2) is 0 Å². The molecule has 0 heterocycles. The van der Waals surface area contributed by atoms with Crippen molar-refractivity contribution in [2.24, 2.45) is 0 Å². The average molecular weight is 236 g/mol. The molecule has 0 fully saturated rings. The van der Waals surface area contributed by atoms with Crippen molar-refractivity contribution in [3.05, 3.63) is 65.7 Å². The van der Waals surface area contributed by atoms with Gasteiger partial charge in [0.1, 0.15) is 0 Å². The van der Waals surface area contributed by atoms with Gasteiger partial charge in [-0.3, -0.25) is 0 Å². The van der Waals surface area contributed by atoms with Crippen molar-refractivity contribution in [3.8, 4) is 11.1 Å². The molecule has 0 saturated carbocycles. The van der Waals surface area contributed by atoms with Gasteiger partial charge in [-0.05, 0) is 30.0 Å². The van der Waals surface area contributed by atoms with Crippen LogP contribution in [0.2, 0.25) is 0 Å². The zero-order chi connectivity index (χ0) is 12.8. The van der Waals surface area contributed by atoms with E-state index in [0.717, 1.165) is 6.42 Å². The topological polar surface area (TPSA) is 0 Å². The first kappa shape index (κ1) is 12.6. The third kappa shape index (κ3) is 3.33. The molecule has 0 spiro atoms. The fourth-order valence-corrected chi connectivity index (χ4v) is 1.92. The van der Waals surface area contributed by atoms with E-state index in [-0.39, 0.29) is 0 Å². The Morgan fingerprint density at radius 1 is 0.833 bits per heavy atom. The van der Waals surface area contributed by atoms with Gasteiger partial charge in [0.05, 0.1) is 0 Å². The summed E-state index contributed by atoms with van der Waals surface area (Å²) in [4.78, 5) is 0. The number of hydrogen-bond donors (Lipinski definition) is 0. The van der Waals surface area contributed by atoms with Gasteiger partial charge in [0, 0.05) is 0 Å². The van der Waals surface area contributed by atoms with Crippen LogP contribution < -0.4 is 0 Å². The highest BCUT2D eigenvalue weighted by Gasteiger charge is 1.96. The molecule has 92 valence electrons. The highest BCUT2D eigenvalue weighted by molar-refractivity contribution is 5.65. The lowest BCUT2D eigenvalue weighted by Crippen LogP contribution is -1.79. The summed E-state index contributed by atoms with van der Waals surface area (Å²) in [7, 11) is 0. The molecule has 0 saturated heterocycles. The minimum Gasteiger partial charge on any atom is -0.0840 e. The van der Waals surface area contributed by atoms with Crippen molar-refractivity contribution >= 4 is 6.08 Å². The minimum absolute atomic E-state index is 1.15. The lowest BCUT2D eigenvalue weighted by Gasteiger charge is -2.03. The van der Waals surface area contributed by atoms with Crippen molar-refractivity contribution < 1.29 is 0 Å². The van der Waals surface area contributed by atoms with Crippen LogP contribution in [0.15, 0.2) is 54.6 Å². The van der Waals surface area contributed by atoms with E-state index < -0.39 is 0 Å². The normalized spacial score (nSPS) is 11.0. The predicted octanol–water partition coefficient (Wildman–Crippen LogP) is 5.48. The van der Waals surface area contributed by atoms with Crippen LogP contribution in [-0.2, 0) is 0 Å². The number of unbranched alkanes of at least 4 members (excludes halogenated alkanes) is 1. The molecule has 0 amide bonds. The van der Waals surface area contributed by atoms with Gasteiger partial charge >= 0.3 is 0 Å². The van der Waals surface area contributed by atoms with Gasteiger partial charge < -0.3 is 0 Å². The molecule has 0 atom stereocenters. The molecule has 0 heteroatoms. The maximum Gasteiger partial charge on any atom is -0.0184 e. The summed E-state index contributed by atoms with van der Waals surface area (Å²) >= 11 is 0. The molecule has 18 heavy (non-hydrogen) atoms. The maximum absolute atomic E-state index is 2.24. The molecular weight excluding hydrogens is 216 g/mol. The summed E-state index contributed by atoms with van der Waals surface area (Å²) in [5.41, 5.74) is 5.14. The van der Waals surface area contributed by atoms with Crippen molar-refractivity contribution in [1.82, 2.24) is 0 Å². The van der Waals surface area contributed by atoms with Crippen LogP contribution in [0.1, 0.15) is 30.9 Å². The van der Waals surface area contributed by atoms with Crippen LogP contribution in [0.25, 0.3) is 17.2 Å². The molecule has 0 aliphatic heterocycles. The first-order valence-corrected chi connectivity index (χ1v) is 6.63. The number of aryl methyl sites for hydroxylation is 1. The van der Waals surface area contributed by atoms with Crippen LogP contribution in [0.3, 0.4) is 0 Å². The quantitative estimate of drug-likeness (QED) is 0.659. The molecular formula is C18H20. The summed E-state index contributed by atoms with van der Waals surface area (Å²) in [5, 5.41) is 0. The van der Waals surface area contributed by atoms with Gasteiger partial charge in [-0.2, -0.15) is 0 Å². The van der Waals surface area contributed by atoms with Crippen molar-refractivity contribution in [3.63, 3.8) is 0 Å². The summed E-state index contributed by atoms with van der Waals surface area (Å²) in [5.74, 6) is 0. The Labute approximate surface area is 110 Å². The van der Waals surface area contributed by atoms with Crippen LogP contribution in [0.5, 0.6) is 0 Å². The number of rotatable bonds is 4. The monoisotopic (exact) mass is 236 g/mol. The van der Waals surface area contributed by atoms with Gasteiger partial charge in [0.25, 0.3) is 0 Å². The SMILES string of the molecule is CCC/C=C/c1ccc(-c2ccc(C)cc2)cc1. The van der Waals surface area contributed by atoms with E-state index in [4.69, 9.17) is 0 Å². The molecule has 2 rings (SSSR count). The van der Waals surface area contributed by atoms with Gasteiger partial charge in [0.2, 0.25) is 0 Å². The highest BCUT2D eigenvalue weighted by Crippen LogP contribution is 2.20. The van der Waals surface area contributed by atoms with Gasteiger partial charge in [-0.25, -0.2) is 0 Å². The van der Waals surface area contributed by atoms with E-state index >= 15 is 0 Å². The van der Waals surface area contributed by atoms with Crippen LogP contribution >= 0.6 is 0 Å². The lowest BCUT2D eigenvalue weighted by molar-refractivity contribution is 0.962. The molecule has 2 aromatic carbocycles. The molecule has 0 aliphatic carbocycles. The first-order chi connectivity index (χ1) is 8.79. The maximum atomic E-state index is 2.24.